The fourth-order valence-electron chi connectivity index (χ4n) is 4.60. The van der Waals surface area contributed by atoms with Crippen LogP contribution in [0.2, 0.25) is 0 Å². The highest BCUT2D eigenvalue weighted by Gasteiger charge is 2.29. The fourth-order valence-corrected chi connectivity index (χ4v) is 6.12. The van der Waals surface area contributed by atoms with Gasteiger partial charge in [0.15, 0.2) is 0 Å². The quantitative estimate of drug-likeness (QED) is 0.466. The van der Waals surface area contributed by atoms with Crippen LogP contribution in [-0.2, 0) is 35.6 Å². The Kier molecular flexibility index (Phi) is 7.21. The molecule has 0 bridgehead atoms. The van der Waals surface area contributed by atoms with E-state index in [4.69, 9.17) is 0 Å². The van der Waals surface area contributed by atoms with Crippen molar-refractivity contribution in [2.45, 2.75) is 64.0 Å². The third-order valence-electron chi connectivity index (χ3n) is 6.46. The normalized spacial score (nSPS) is 15.2. The Morgan fingerprint density at radius 2 is 1.76 bits per heavy atom. The lowest BCUT2D eigenvalue weighted by Crippen LogP contribution is -2.49. The number of aromatic nitrogens is 2. The van der Waals surface area contributed by atoms with E-state index in [1.807, 2.05) is 49.8 Å². The Bertz CT molecular complexity index is 1230. The van der Waals surface area contributed by atoms with E-state index in [0.29, 0.717) is 0 Å². The Hall–Kier alpha value is -2.55. The highest BCUT2D eigenvalue weighted by atomic mass is 32.2. The molecule has 0 spiro atoms. The van der Waals surface area contributed by atoms with E-state index in [9.17, 15) is 12.8 Å². The van der Waals surface area contributed by atoms with Crippen LogP contribution >= 0.6 is 0 Å². The van der Waals surface area contributed by atoms with Gasteiger partial charge in [-0.25, -0.2) is 4.39 Å². The summed E-state index contributed by atoms with van der Waals surface area (Å²) in [6, 6.07) is 16.5. The zero-order valence-electron chi connectivity index (χ0n) is 20.0. The van der Waals surface area contributed by atoms with Gasteiger partial charge >= 0.3 is 0 Å². The smallest absolute Gasteiger partial charge is 0.268 e. The predicted octanol–water partition coefficient (Wildman–Crippen LogP) is 4.61. The molecule has 2 N–H and O–H groups in total. The average molecular weight is 485 g/mol. The van der Waals surface area contributed by atoms with E-state index in [2.05, 4.69) is 20.6 Å². The monoisotopic (exact) mass is 484 g/mol. The molecule has 1 saturated carbocycles. The molecule has 0 radical (unpaired) electrons. The first kappa shape index (κ1) is 24.6. The molecule has 1 fully saturated rings. The lowest BCUT2D eigenvalue weighted by Gasteiger charge is -2.28. The number of rotatable bonds is 9. The van der Waals surface area contributed by atoms with Crippen molar-refractivity contribution in [3.05, 3.63) is 77.2 Å². The lowest BCUT2D eigenvalue weighted by molar-refractivity contribution is 0.457. The van der Waals surface area contributed by atoms with E-state index in [1.165, 1.54) is 12.1 Å². The van der Waals surface area contributed by atoms with Gasteiger partial charge in [0.25, 0.3) is 10.2 Å². The summed E-state index contributed by atoms with van der Waals surface area (Å²) in [6.07, 6.45) is 5.43. The summed E-state index contributed by atoms with van der Waals surface area (Å²) in [5.74, 6) is -0.233. The molecule has 0 saturated heterocycles. The van der Waals surface area contributed by atoms with Crippen molar-refractivity contribution in [3.8, 4) is 11.3 Å². The molecule has 34 heavy (non-hydrogen) atoms. The van der Waals surface area contributed by atoms with Crippen LogP contribution in [-0.4, -0.2) is 24.2 Å². The molecule has 0 amide bonds. The standard InChI is InChI=1S/C26H33FN4O2S/c1-26(2,30-34(32,33)29-23-9-4-5-10-23)21-8-6-7-20(17-21)25-18-24(28-31(25)3)16-13-19-11-14-22(27)15-12-19/h6-8,11-12,14-15,17-18,23,29-30H,4-5,9-10,13,16H2,1-3H3. The second-order valence-electron chi connectivity index (χ2n) is 9.68. The molecule has 1 aliphatic rings. The van der Waals surface area contributed by atoms with E-state index in [1.54, 1.807) is 12.1 Å². The second-order valence-corrected chi connectivity index (χ2v) is 11.1. The Labute approximate surface area is 201 Å². The molecule has 0 atom stereocenters. The minimum atomic E-state index is -3.63. The van der Waals surface area contributed by atoms with Crippen LogP contribution in [0.15, 0.2) is 54.6 Å². The minimum absolute atomic E-state index is 0.0161. The Morgan fingerprint density at radius 3 is 2.47 bits per heavy atom. The highest BCUT2D eigenvalue weighted by molar-refractivity contribution is 7.87. The molecule has 0 unspecified atom stereocenters. The summed E-state index contributed by atoms with van der Waals surface area (Å²) in [5, 5.41) is 4.65. The molecular formula is C26H33FN4O2S. The van der Waals surface area contributed by atoms with Gasteiger partial charge in [-0.1, -0.05) is 43.2 Å². The summed E-state index contributed by atoms with van der Waals surface area (Å²) in [7, 11) is -1.72. The van der Waals surface area contributed by atoms with Gasteiger partial charge in [-0.15, -0.1) is 0 Å². The van der Waals surface area contributed by atoms with Crippen LogP contribution in [0.1, 0.15) is 56.4 Å². The van der Waals surface area contributed by atoms with Gasteiger partial charge < -0.3 is 0 Å². The van der Waals surface area contributed by atoms with Gasteiger partial charge in [0.05, 0.1) is 16.9 Å². The van der Waals surface area contributed by atoms with Crippen LogP contribution in [0.25, 0.3) is 11.3 Å². The summed E-state index contributed by atoms with van der Waals surface area (Å²) >= 11 is 0. The number of hydrogen-bond acceptors (Lipinski definition) is 3. The first-order valence-electron chi connectivity index (χ1n) is 11.8. The van der Waals surface area contributed by atoms with Gasteiger partial charge in [-0.2, -0.15) is 23.0 Å². The molecule has 1 aliphatic carbocycles. The van der Waals surface area contributed by atoms with Gasteiger partial charge in [0.2, 0.25) is 0 Å². The number of hydrogen-bond donors (Lipinski definition) is 2. The highest BCUT2D eigenvalue weighted by Crippen LogP contribution is 2.28. The van der Waals surface area contributed by atoms with Crippen molar-refractivity contribution < 1.29 is 12.8 Å². The van der Waals surface area contributed by atoms with Gasteiger partial charge in [0, 0.05) is 18.7 Å². The van der Waals surface area contributed by atoms with Crippen LogP contribution in [0.3, 0.4) is 0 Å². The SMILES string of the molecule is Cn1nc(CCc2ccc(F)cc2)cc1-c1cccc(C(C)(C)NS(=O)(=O)NC2CCCC2)c1. The molecule has 6 nitrogen and oxygen atoms in total. The van der Waals surface area contributed by atoms with Crippen molar-refractivity contribution >= 4 is 10.2 Å². The van der Waals surface area contributed by atoms with Crippen LogP contribution in [0.5, 0.6) is 0 Å². The predicted molar refractivity (Wildman–Crippen MR) is 133 cm³/mol. The molecule has 8 heteroatoms. The fraction of sp³-hybridized carbons (Fsp3) is 0.423. The maximum atomic E-state index is 13.1. The van der Waals surface area contributed by atoms with Crippen LogP contribution in [0.4, 0.5) is 4.39 Å². The number of nitrogens with one attached hydrogen (secondary N) is 2. The molecular weight excluding hydrogens is 451 g/mol. The largest absolute Gasteiger partial charge is 0.277 e. The van der Waals surface area contributed by atoms with E-state index in [-0.39, 0.29) is 11.9 Å². The van der Waals surface area contributed by atoms with Gasteiger partial charge in [-0.05, 0) is 74.9 Å². The number of halogens is 1. The van der Waals surface area contributed by atoms with Gasteiger partial charge in [0.1, 0.15) is 5.82 Å². The first-order chi connectivity index (χ1) is 16.1. The van der Waals surface area contributed by atoms with Crippen molar-refractivity contribution in [1.82, 2.24) is 19.2 Å². The number of benzene rings is 2. The average Bonchev–Trinajstić information content (AvgIpc) is 3.41. The Morgan fingerprint density at radius 1 is 1.06 bits per heavy atom. The van der Waals surface area contributed by atoms with Gasteiger partial charge in [-0.3, -0.25) is 4.68 Å². The molecule has 0 aliphatic heterocycles. The lowest BCUT2D eigenvalue weighted by atomic mass is 9.93. The van der Waals surface area contributed by atoms with Crippen LogP contribution < -0.4 is 9.44 Å². The van der Waals surface area contributed by atoms with Crippen molar-refractivity contribution in [1.29, 1.82) is 0 Å². The van der Waals surface area contributed by atoms with E-state index in [0.717, 1.165) is 66.6 Å². The molecule has 2 aromatic carbocycles. The van der Waals surface area contributed by atoms with Crippen molar-refractivity contribution in [2.24, 2.45) is 7.05 Å². The number of nitrogens with zero attached hydrogens (tertiary/aromatic N) is 2. The zero-order valence-corrected chi connectivity index (χ0v) is 20.8. The van der Waals surface area contributed by atoms with Crippen molar-refractivity contribution in [3.63, 3.8) is 0 Å². The molecule has 1 aromatic heterocycles. The molecule has 182 valence electrons. The molecule has 4 rings (SSSR count). The third-order valence-corrected chi connectivity index (χ3v) is 7.88. The maximum Gasteiger partial charge on any atom is 0.277 e. The summed E-state index contributed by atoms with van der Waals surface area (Å²) in [4.78, 5) is 0. The number of aryl methyl sites for hydroxylation is 3. The maximum absolute atomic E-state index is 13.1. The Balaban J connectivity index is 1.48. The molecule has 1 heterocycles. The van der Waals surface area contributed by atoms with E-state index >= 15 is 0 Å². The summed E-state index contributed by atoms with van der Waals surface area (Å²) < 4.78 is 46.1. The summed E-state index contributed by atoms with van der Waals surface area (Å²) in [5.41, 5.74) is 4.03. The van der Waals surface area contributed by atoms with Crippen LogP contribution in [0, 0.1) is 5.82 Å². The third kappa shape index (κ3) is 6.11. The zero-order chi connectivity index (χ0) is 24.3. The first-order valence-corrected chi connectivity index (χ1v) is 13.3. The second kappa shape index (κ2) is 9.98. The molecule has 3 aromatic rings. The summed E-state index contributed by atoms with van der Waals surface area (Å²) in [6.45, 7) is 3.74. The van der Waals surface area contributed by atoms with Crippen molar-refractivity contribution in [2.75, 3.05) is 0 Å². The minimum Gasteiger partial charge on any atom is -0.268 e. The topological polar surface area (TPSA) is 76.0 Å². The van der Waals surface area contributed by atoms with E-state index < -0.39 is 15.7 Å².